The fourth-order valence-electron chi connectivity index (χ4n) is 2.03. The molecule has 1 fully saturated rings. The van der Waals surface area contributed by atoms with Gasteiger partial charge in [-0.05, 0) is 32.1 Å². The Balaban J connectivity index is 2.09. The Bertz CT molecular complexity index is 188. The number of carbonyl (C=O) groups excluding carboxylic acids is 1. The van der Waals surface area contributed by atoms with Crippen LogP contribution in [0.15, 0.2) is 0 Å². The Labute approximate surface area is 97.8 Å². The van der Waals surface area contributed by atoms with Crippen molar-refractivity contribution >= 4 is 17.5 Å². The quantitative estimate of drug-likeness (QED) is 0.571. The smallest absolute Gasteiger partial charge is 0.220 e. The maximum atomic E-state index is 11.5. The molecular weight excluding hydrogens is 210 g/mol. The summed E-state index contributed by atoms with van der Waals surface area (Å²) in [5.74, 6) is 0.224. The van der Waals surface area contributed by atoms with Crippen LogP contribution in [0.3, 0.4) is 0 Å². The van der Waals surface area contributed by atoms with Crippen molar-refractivity contribution in [2.45, 2.75) is 69.7 Å². The van der Waals surface area contributed by atoms with Crippen LogP contribution in [0.4, 0.5) is 0 Å². The van der Waals surface area contributed by atoms with Crippen LogP contribution >= 0.6 is 11.6 Å². The Kier molecular flexibility index (Phi) is 6.07. The van der Waals surface area contributed by atoms with E-state index in [1.807, 2.05) is 0 Å². The van der Waals surface area contributed by atoms with Crippen LogP contribution in [0.5, 0.6) is 0 Å². The molecule has 1 amide bonds. The van der Waals surface area contributed by atoms with Gasteiger partial charge in [-0.3, -0.25) is 4.79 Å². The molecule has 0 saturated heterocycles. The zero-order chi connectivity index (χ0) is 11.1. The van der Waals surface area contributed by atoms with E-state index in [1.165, 1.54) is 6.42 Å². The summed E-state index contributed by atoms with van der Waals surface area (Å²) in [5, 5.41) is 3.43. The van der Waals surface area contributed by atoms with Crippen molar-refractivity contribution in [2.24, 2.45) is 0 Å². The predicted octanol–water partition coefficient (Wildman–Crippen LogP) is 3.23. The van der Waals surface area contributed by atoms with E-state index in [-0.39, 0.29) is 5.91 Å². The molecule has 1 aliphatic rings. The zero-order valence-electron chi connectivity index (χ0n) is 9.60. The van der Waals surface area contributed by atoms with Gasteiger partial charge in [0, 0.05) is 17.8 Å². The molecule has 0 aromatic carbocycles. The Morgan fingerprint density at radius 2 is 1.93 bits per heavy atom. The molecule has 1 saturated carbocycles. The summed E-state index contributed by atoms with van der Waals surface area (Å²) in [6.07, 6.45) is 8.22. The van der Waals surface area contributed by atoms with E-state index < -0.39 is 0 Å². The summed E-state index contributed by atoms with van der Waals surface area (Å²) >= 11 is 6.01. The third-order valence-electron chi connectivity index (χ3n) is 3.03. The van der Waals surface area contributed by atoms with E-state index in [1.54, 1.807) is 0 Å². The average molecular weight is 232 g/mol. The number of unbranched alkanes of at least 4 members (excludes halogenated alkanes) is 2. The largest absolute Gasteiger partial charge is 0.353 e. The van der Waals surface area contributed by atoms with Gasteiger partial charge in [0.05, 0.1) is 0 Å². The Morgan fingerprint density at radius 1 is 1.27 bits per heavy atom. The summed E-state index contributed by atoms with van der Waals surface area (Å²) < 4.78 is 0. The highest BCUT2D eigenvalue weighted by Gasteiger charge is 2.20. The predicted molar refractivity (Wildman–Crippen MR) is 64.2 cm³/mol. The number of carbonyl (C=O) groups is 1. The number of rotatable bonds is 5. The highest BCUT2D eigenvalue weighted by Crippen LogP contribution is 2.22. The summed E-state index contributed by atoms with van der Waals surface area (Å²) in [7, 11) is 0. The minimum absolute atomic E-state index is 0.224. The number of halogens is 1. The van der Waals surface area contributed by atoms with Crippen LogP contribution in [-0.4, -0.2) is 17.3 Å². The van der Waals surface area contributed by atoms with E-state index >= 15 is 0 Å². The zero-order valence-corrected chi connectivity index (χ0v) is 10.4. The molecule has 0 heterocycles. The second-order valence-corrected chi connectivity index (χ2v) is 5.09. The molecule has 0 unspecified atom stereocenters. The van der Waals surface area contributed by atoms with Crippen molar-refractivity contribution in [2.75, 3.05) is 0 Å². The van der Waals surface area contributed by atoms with Gasteiger partial charge in [0.1, 0.15) is 0 Å². The number of alkyl halides is 1. The first-order valence-corrected chi connectivity index (χ1v) is 6.59. The van der Waals surface area contributed by atoms with Gasteiger partial charge in [-0.25, -0.2) is 0 Å². The second-order valence-electron chi connectivity index (χ2n) is 4.47. The molecule has 2 nitrogen and oxygen atoms in total. The monoisotopic (exact) mass is 231 g/mol. The van der Waals surface area contributed by atoms with Crippen LogP contribution in [0.2, 0.25) is 0 Å². The first kappa shape index (κ1) is 12.8. The van der Waals surface area contributed by atoms with Crippen molar-refractivity contribution in [3.63, 3.8) is 0 Å². The summed E-state index contributed by atoms with van der Waals surface area (Å²) in [6.45, 7) is 2.15. The van der Waals surface area contributed by atoms with Gasteiger partial charge in [0.25, 0.3) is 0 Å². The maximum absolute atomic E-state index is 11.5. The normalized spacial score (nSPS) is 26.3. The van der Waals surface area contributed by atoms with Crippen molar-refractivity contribution in [3.05, 3.63) is 0 Å². The third-order valence-corrected chi connectivity index (χ3v) is 3.47. The molecule has 1 N–H and O–H groups in total. The lowest BCUT2D eigenvalue weighted by Gasteiger charge is -2.25. The van der Waals surface area contributed by atoms with E-state index in [0.717, 1.165) is 38.5 Å². The van der Waals surface area contributed by atoms with Crippen molar-refractivity contribution in [3.8, 4) is 0 Å². The molecule has 0 spiro atoms. The molecule has 0 bridgehead atoms. The van der Waals surface area contributed by atoms with Gasteiger partial charge in [-0.15, -0.1) is 11.6 Å². The van der Waals surface area contributed by atoms with Gasteiger partial charge in [0.15, 0.2) is 0 Å². The Hall–Kier alpha value is -0.240. The van der Waals surface area contributed by atoms with Crippen LogP contribution in [0, 0.1) is 0 Å². The van der Waals surface area contributed by atoms with Crippen LogP contribution in [-0.2, 0) is 4.79 Å². The molecular formula is C12H22ClNO. The molecule has 0 aromatic heterocycles. The average Bonchev–Trinajstić information content (AvgIpc) is 2.22. The molecule has 0 radical (unpaired) electrons. The molecule has 1 aliphatic carbocycles. The van der Waals surface area contributed by atoms with Gasteiger partial charge in [0.2, 0.25) is 5.91 Å². The molecule has 3 heteroatoms. The fraction of sp³-hybridized carbons (Fsp3) is 0.917. The summed E-state index contributed by atoms with van der Waals surface area (Å²) in [4.78, 5) is 11.5. The summed E-state index contributed by atoms with van der Waals surface area (Å²) in [6, 6.07) is 0.383. The van der Waals surface area contributed by atoms with E-state index in [2.05, 4.69) is 12.2 Å². The number of hydrogen-bond acceptors (Lipinski definition) is 1. The second kappa shape index (κ2) is 7.10. The van der Waals surface area contributed by atoms with Crippen LogP contribution in [0.25, 0.3) is 0 Å². The first-order valence-electron chi connectivity index (χ1n) is 6.15. The molecule has 88 valence electrons. The van der Waals surface area contributed by atoms with Crippen LogP contribution in [0.1, 0.15) is 58.3 Å². The molecule has 0 atom stereocenters. The highest BCUT2D eigenvalue weighted by atomic mass is 35.5. The topological polar surface area (TPSA) is 29.1 Å². The van der Waals surface area contributed by atoms with Crippen molar-refractivity contribution in [1.29, 1.82) is 0 Å². The number of nitrogens with one attached hydrogen (secondary N) is 1. The number of amides is 1. The molecule has 1 rings (SSSR count). The lowest BCUT2D eigenvalue weighted by atomic mass is 9.95. The van der Waals surface area contributed by atoms with Crippen molar-refractivity contribution in [1.82, 2.24) is 5.32 Å². The lowest BCUT2D eigenvalue weighted by molar-refractivity contribution is -0.122. The Morgan fingerprint density at radius 3 is 2.53 bits per heavy atom. The number of hydrogen-bond donors (Lipinski definition) is 1. The first-order chi connectivity index (χ1) is 7.22. The minimum Gasteiger partial charge on any atom is -0.353 e. The van der Waals surface area contributed by atoms with Gasteiger partial charge < -0.3 is 5.32 Å². The maximum Gasteiger partial charge on any atom is 0.220 e. The minimum atomic E-state index is 0.224. The van der Waals surface area contributed by atoms with Crippen molar-refractivity contribution < 1.29 is 4.79 Å². The van der Waals surface area contributed by atoms with E-state index in [0.29, 0.717) is 17.8 Å². The SMILES string of the molecule is CCCCCC(=O)NC1CCC(Cl)CC1. The molecule has 0 aromatic rings. The van der Waals surface area contributed by atoms with Gasteiger partial charge in [-0.1, -0.05) is 19.8 Å². The van der Waals surface area contributed by atoms with E-state index in [4.69, 9.17) is 11.6 Å². The van der Waals surface area contributed by atoms with Crippen LogP contribution < -0.4 is 5.32 Å². The van der Waals surface area contributed by atoms with Gasteiger partial charge >= 0.3 is 0 Å². The third kappa shape index (κ3) is 5.41. The van der Waals surface area contributed by atoms with Gasteiger partial charge in [-0.2, -0.15) is 0 Å². The molecule has 15 heavy (non-hydrogen) atoms. The summed E-state index contributed by atoms with van der Waals surface area (Å²) in [5.41, 5.74) is 0. The highest BCUT2D eigenvalue weighted by molar-refractivity contribution is 6.20. The fourth-order valence-corrected chi connectivity index (χ4v) is 2.28. The molecule has 0 aliphatic heterocycles. The van der Waals surface area contributed by atoms with E-state index in [9.17, 15) is 4.79 Å². The lowest BCUT2D eigenvalue weighted by Crippen LogP contribution is -2.37. The standard InChI is InChI=1S/C12H22ClNO/c1-2-3-4-5-12(15)14-11-8-6-10(13)7-9-11/h10-11H,2-9H2,1H3,(H,14,15).